The van der Waals surface area contributed by atoms with Crippen LogP contribution in [-0.4, -0.2) is 76.0 Å². The first-order valence-electron chi connectivity index (χ1n) is 7.67. The smallest absolute Gasteiger partial charge is 0.362 e. The van der Waals surface area contributed by atoms with Crippen LogP contribution in [0.15, 0.2) is 12.7 Å². The molecule has 3 atom stereocenters. The van der Waals surface area contributed by atoms with Crippen molar-refractivity contribution in [2.24, 2.45) is 0 Å². The largest absolute Gasteiger partial charge is 0.382 e. The molecule has 0 radical (unpaired) electrons. The zero-order valence-corrected chi connectivity index (χ0v) is 15.9. The lowest BCUT2D eigenvalue weighted by atomic mass is 10.3. The molecule has 0 spiro atoms. The van der Waals surface area contributed by atoms with E-state index in [-0.39, 0.29) is 18.9 Å². The van der Waals surface area contributed by atoms with Gasteiger partial charge in [0.1, 0.15) is 18.1 Å². The zero-order valence-electron chi connectivity index (χ0n) is 14.2. The molecule has 10 nitrogen and oxygen atoms in total. The van der Waals surface area contributed by atoms with Gasteiger partial charge in [-0.1, -0.05) is 0 Å². The van der Waals surface area contributed by atoms with Crippen molar-refractivity contribution < 1.29 is 13.8 Å². The summed E-state index contributed by atoms with van der Waals surface area (Å²) in [5, 5.41) is 0. The summed E-state index contributed by atoms with van der Waals surface area (Å²) in [6, 6.07) is 0. The van der Waals surface area contributed by atoms with Gasteiger partial charge in [0, 0.05) is 13.1 Å². The molecule has 138 valence electrons. The van der Waals surface area contributed by atoms with Gasteiger partial charge in [0.2, 0.25) is 0 Å². The third-order valence-corrected chi connectivity index (χ3v) is 6.55. The Bertz CT molecular complexity index is 801. The fourth-order valence-electron chi connectivity index (χ4n) is 2.61. The molecule has 0 amide bonds. The second kappa shape index (κ2) is 7.14. The number of rotatable bonds is 5. The number of hydrogen-bond donors (Lipinski definition) is 1. The summed E-state index contributed by atoms with van der Waals surface area (Å²) in [5.41, 5.74) is 6.96. The van der Waals surface area contributed by atoms with Crippen LogP contribution in [0.5, 0.6) is 0 Å². The van der Waals surface area contributed by atoms with Gasteiger partial charge in [-0.15, -0.1) is 0 Å². The molecule has 1 aliphatic rings. The molecule has 25 heavy (non-hydrogen) atoms. The minimum absolute atomic E-state index is 0.115. The summed E-state index contributed by atoms with van der Waals surface area (Å²) in [4.78, 5) is 14.5. The Morgan fingerprint density at radius 2 is 2.20 bits per heavy atom. The number of nitrogens with zero attached hydrogens (tertiary/aromatic N) is 6. The number of ether oxygens (including phenoxy) is 1. The molecule has 1 saturated heterocycles. The summed E-state index contributed by atoms with van der Waals surface area (Å²) in [6.45, 7) is -1.94. The fourth-order valence-corrected chi connectivity index (χ4v) is 3.36. The molecular formula is C13H21ClN7O3P. The van der Waals surface area contributed by atoms with E-state index in [9.17, 15) is 4.57 Å². The second-order valence-electron chi connectivity index (χ2n) is 6.11. The molecular weight excluding hydrogens is 369 g/mol. The van der Waals surface area contributed by atoms with E-state index in [1.807, 2.05) is 11.6 Å². The van der Waals surface area contributed by atoms with Crippen molar-refractivity contribution in [3.63, 3.8) is 0 Å². The molecule has 3 rings (SSSR count). The number of aromatic nitrogens is 4. The van der Waals surface area contributed by atoms with E-state index in [4.69, 9.17) is 26.2 Å². The Balaban J connectivity index is 1.76. The molecule has 12 heteroatoms. The number of morpholine rings is 1. The number of likely N-dealkylation sites (N-methyl/N-ethyl adjacent to an activating group) is 1. The summed E-state index contributed by atoms with van der Waals surface area (Å²) in [6.07, 6.45) is 2.39. The Labute approximate surface area is 150 Å². The van der Waals surface area contributed by atoms with Crippen molar-refractivity contribution in [3.05, 3.63) is 12.7 Å². The number of hydrogen-bond acceptors (Lipinski definition) is 8. The van der Waals surface area contributed by atoms with Gasteiger partial charge in [0.15, 0.2) is 11.5 Å². The SMILES string of the molecule is CN1CC(n2cnc3c(N)ncnc32)O[C@H](COP(=O)(Cl)N(C)C)C1. The third kappa shape index (κ3) is 3.94. The third-order valence-electron chi connectivity index (χ3n) is 3.93. The Morgan fingerprint density at radius 1 is 1.44 bits per heavy atom. The van der Waals surface area contributed by atoms with E-state index in [0.717, 1.165) is 0 Å². The molecule has 2 aromatic heterocycles. The van der Waals surface area contributed by atoms with Crippen molar-refractivity contribution in [1.82, 2.24) is 29.1 Å². The maximum Gasteiger partial charge on any atom is 0.362 e. The first-order chi connectivity index (χ1) is 11.8. The van der Waals surface area contributed by atoms with Crippen molar-refractivity contribution in [2.75, 3.05) is 46.6 Å². The highest BCUT2D eigenvalue weighted by Gasteiger charge is 2.31. The summed E-state index contributed by atoms with van der Waals surface area (Å²) in [5.74, 6) is 0.321. The first kappa shape index (κ1) is 18.5. The highest BCUT2D eigenvalue weighted by atomic mass is 35.7. The zero-order chi connectivity index (χ0) is 18.2. The standard InChI is InChI=1S/C13H21ClN7O3P/c1-19(2)25(14,22)23-6-9-4-20(3)5-10(24-9)21-8-18-11-12(15)16-7-17-13(11)21/h7-10H,4-6H2,1-3H3,(H2,15,16,17)/t9-,10?,25?/m0/s1. The molecule has 0 aromatic carbocycles. The van der Waals surface area contributed by atoms with Gasteiger partial charge in [-0.25, -0.2) is 19.6 Å². The van der Waals surface area contributed by atoms with E-state index in [1.165, 1.54) is 11.0 Å². The topological polar surface area (TPSA) is 112 Å². The van der Waals surface area contributed by atoms with E-state index < -0.39 is 6.87 Å². The number of imidazole rings is 1. The lowest BCUT2D eigenvalue weighted by molar-refractivity contribution is -0.124. The molecule has 0 aliphatic carbocycles. The monoisotopic (exact) mass is 389 g/mol. The van der Waals surface area contributed by atoms with Gasteiger partial charge in [-0.3, -0.25) is 14.0 Å². The Kier molecular flexibility index (Phi) is 5.29. The van der Waals surface area contributed by atoms with Crippen molar-refractivity contribution in [3.8, 4) is 0 Å². The quantitative estimate of drug-likeness (QED) is 0.753. The molecule has 0 bridgehead atoms. The van der Waals surface area contributed by atoms with E-state index in [1.54, 1.807) is 20.4 Å². The maximum atomic E-state index is 12.1. The highest BCUT2D eigenvalue weighted by molar-refractivity contribution is 7.83. The van der Waals surface area contributed by atoms with Crippen LogP contribution in [0.25, 0.3) is 11.2 Å². The molecule has 3 heterocycles. The van der Waals surface area contributed by atoms with Gasteiger partial charge in [0.25, 0.3) is 0 Å². The van der Waals surface area contributed by atoms with Crippen LogP contribution in [0.3, 0.4) is 0 Å². The number of halogens is 1. The van der Waals surface area contributed by atoms with Crippen molar-refractivity contribution in [2.45, 2.75) is 12.3 Å². The van der Waals surface area contributed by atoms with Crippen LogP contribution in [-0.2, 0) is 13.8 Å². The van der Waals surface area contributed by atoms with Crippen molar-refractivity contribution >= 4 is 35.1 Å². The summed E-state index contributed by atoms with van der Waals surface area (Å²) in [7, 11) is 5.18. The first-order valence-corrected chi connectivity index (χ1v) is 10.1. The van der Waals surface area contributed by atoms with Crippen LogP contribution < -0.4 is 5.73 Å². The van der Waals surface area contributed by atoms with Crippen LogP contribution >= 0.6 is 18.1 Å². The number of nitrogens with two attached hydrogens (primary N) is 1. The molecule has 2 N–H and O–H groups in total. The molecule has 2 unspecified atom stereocenters. The minimum Gasteiger partial charge on any atom is -0.382 e. The van der Waals surface area contributed by atoms with Crippen LogP contribution in [0.2, 0.25) is 0 Å². The molecule has 1 fully saturated rings. The fraction of sp³-hybridized carbons (Fsp3) is 0.615. The van der Waals surface area contributed by atoms with Crippen LogP contribution in [0, 0.1) is 0 Å². The maximum absolute atomic E-state index is 12.1. The molecule has 0 saturated carbocycles. The minimum atomic E-state index is -3.33. The summed E-state index contributed by atoms with van der Waals surface area (Å²) < 4.78 is 26.7. The van der Waals surface area contributed by atoms with Gasteiger partial charge in [-0.05, 0) is 32.4 Å². The molecule has 1 aliphatic heterocycles. The highest BCUT2D eigenvalue weighted by Crippen LogP contribution is 2.54. The van der Waals surface area contributed by atoms with Crippen LogP contribution in [0.4, 0.5) is 5.82 Å². The summed E-state index contributed by atoms with van der Waals surface area (Å²) >= 11 is 5.90. The molecule has 2 aromatic rings. The van der Waals surface area contributed by atoms with E-state index in [2.05, 4.69) is 19.9 Å². The van der Waals surface area contributed by atoms with Gasteiger partial charge in [0.05, 0.1) is 19.0 Å². The normalized spacial score (nSPS) is 24.7. The van der Waals surface area contributed by atoms with E-state index in [0.29, 0.717) is 30.1 Å². The van der Waals surface area contributed by atoms with Gasteiger partial charge >= 0.3 is 6.87 Å². The predicted octanol–water partition coefficient (Wildman–Crippen LogP) is 1.16. The van der Waals surface area contributed by atoms with Crippen molar-refractivity contribution in [1.29, 1.82) is 0 Å². The lowest BCUT2D eigenvalue weighted by Crippen LogP contribution is -2.45. The van der Waals surface area contributed by atoms with E-state index >= 15 is 0 Å². The average molecular weight is 390 g/mol. The lowest BCUT2D eigenvalue weighted by Gasteiger charge is -2.36. The predicted molar refractivity (Wildman–Crippen MR) is 94.2 cm³/mol. The Hall–Kier alpha value is -1.29. The van der Waals surface area contributed by atoms with Crippen LogP contribution in [0.1, 0.15) is 6.23 Å². The number of anilines is 1. The average Bonchev–Trinajstić information content (AvgIpc) is 2.98. The number of fused-ring (bicyclic) bond motifs is 1. The Morgan fingerprint density at radius 3 is 2.92 bits per heavy atom. The van der Waals surface area contributed by atoms with Gasteiger partial charge in [-0.2, -0.15) is 0 Å². The van der Waals surface area contributed by atoms with Gasteiger partial charge < -0.3 is 15.0 Å². The second-order valence-corrected chi connectivity index (χ2v) is 9.35. The number of nitrogen functional groups attached to an aromatic ring is 1.